The van der Waals surface area contributed by atoms with Gasteiger partial charge in [0.1, 0.15) is 16.2 Å². The van der Waals surface area contributed by atoms with Crippen LogP contribution in [0.2, 0.25) is 0 Å². The maximum absolute atomic E-state index is 12.1. The molecule has 1 aromatic rings. The number of benzene rings is 1. The first-order valence-corrected chi connectivity index (χ1v) is 6.44. The van der Waals surface area contributed by atoms with Crippen molar-refractivity contribution in [2.24, 2.45) is 5.41 Å². The van der Waals surface area contributed by atoms with Crippen molar-refractivity contribution in [3.05, 3.63) is 24.3 Å². The number of hydrogen-bond acceptors (Lipinski definition) is 3. The van der Waals surface area contributed by atoms with Gasteiger partial charge in [0.25, 0.3) is 0 Å². The highest BCUT2D eigenvalue weighted by atomic mass is 35.5. The fourth-order valence-electron chi connectivity index (χ4n) is 1.69. The number of carbonyl (C=O) groups is 1. The molecule has 0 aliphatic heterocycles. The number of nitriles is 1. The first-order chi connectivity index (χ1) is 8.89. The van der Waals surface area contributed by atoms with E-state index in [0.717, 1.165) is 0 Å². The highest BCUT2D eigenvalue weighted by Gasteiger charge is 2.67. The van der Waals surface area contributed by atoms with Crippen LogP contribution in [-0.2, 0) is 4.79 Å². The Morgan fingerprint density at radius 1 is 1.58 bits per heavy atom. The third-order valence-electron chi connectivity index (χ3n) is 3.15. The summed E-state index contributed by atoms with van der Waals surface area (Å²) in [7, 11) is 0. The van der Waals surface area contributed by atoms with Crippen LogP contribution in [0.1, 0.15) is 13.3 Å². The minimum atomic E-state index is -0.994. The molecule has 1 saturated carbocycles. The summed E-state index contributed by atoms with van der Waals surface area (Å²) in [5.74, 6) is 0.290. The van der Waals surface area contributed by atoms with E-state index in [-0.39, 0.29) is 12.5 Å². The van der Waals surface area contributed by atoms with E-state index in [1.54, 1.807) is 31.2 Å². The van der Waals surface area contributed by atoms with Gasteiger partial charge in [-0.25, -0.2) is 0 Å². The minimum absolute atomic E-state index is 0.0401. The van der Waals surface area contributed by atoms with Crippen LogP contribution in [0.5, 0.6) is 5.75 Å². The first-order valence-electron chi connectivity index (χ1n) is 5.68. The highest BCUT2D eigenvalue weighted by molar-refractivity contribution is 6.53. The van der Waals surface area contributed by atoms with Gasteiger partial charge in [-0.3, -0.25) is 4.79 Å². The Hall–Kier alpha value is -1.44. The van der Waals surface area contributed by atoms with Crippen molar-refractivity contribution in [3.8, 4) is 11.8 Å². The highest BCUT2D eigenvalue weighted by Crippen LogP contribution is 2.64. The van der Waals surface area contributed by atoms with Crippen LogP contribution in [0.25, 0.3) is 0 Å². The monoisotopic (exact) mass is 298 g/mol. The normalized spacial score (nSPS) is 23.3. The molecule has 4 nitrogen and oxygen atoms in total. The van der Waals surface area contributed by atoms with E-state index < -0.39 is 9.75 Å². The third kappa shape index (κ3) is 2.78. The van der Waals surface area contributed by atoms with Crippen LogP contribution in [0.4, 0.5) is 5.69 Å². The van der Waals surface area contributed by atoms with Gasteiger partial charge in [-0.05, 0) is 25.5 Å². The number of halogens is 2. The number of alkyl halides is 2. The van der Waals surface area contributed by atoms with Crippen molar-refractivity contribution >= 4 is 34.8 Å². The van der Waals surface area contributed by atoms with Crippen molar-refractivity contribution in [1.82, 2.24) is 0 Å². The summed E-state index contributed by atoms with van der Waals surface area (Å²) in [6.45, 7) is 1.68. The quantitative estimate of drug-likeness (QED) is 0.869. The Labute approximate surface area is 121 Å². The zero-order chi connectivity index (χ0) is 14.1. The molecule has 19 heavy (non-hydrogen) atoms. The molecule has 0 saturated heterocycles. The maximum atomic E-state index is 12.1. The van der Waals surface area contributed by atoms with E-state index in [1.807, 2.05) is 6.07 Å². The predicted octanol–water partition coefficient (Wildman–Crippen LogP) is 3.11. The summed E-state index contributed by atoms with van der Waals surface area (Å²) in [5.41, 5.74) is -0.183. The van der Waals surface area contributed by atoms with Crippen molar-refractivity contribution < 1.29 is 9.53 Å². The Balaban J connectivity index is 2.04. The van der Waals surface area contributed by atoms with Crippen molar-refractivity contribution in [2.75, 3.05) is 11.9 Å². The van der Waals surface area contributed by atoms with E-state index in [9.17, 15) is 4.79 Å². The van der Waals surface area contributed by atoms with Gasteiger partial charge in [0.05, 0.1) is 5.41 Å². The standard InChI is InChI=1S/C13H12Cl2N2O2/c1-12(8-13(12,14)15)11(18)17-9-3-2-4-10(7-9)19-6-5-16/h2-4,7H,6,8H2,1H3,(H,17,18). The van der Waals surface area contributed by atoms with Gasteiger partial charge < -0.3 is 10.1 Å². The molecule has 100 valence electrons. The summed E-state index contributed by atoms with van der Waals surface area (Å²) in [5, 5.41) is 11.2. The largest absolute Gasteiger partial charge is 0.479 e. The summed E-state index contributed by atoms with van der Waals surface area (Å²) in [6.07, 6.45) is 0.430. The lowest BCUT2D eigenvalue weighted by atomic mass is 10.1. The fourth-order valence-corrected chi connectivity index (χ4v) is 2.40. The summed E-state index contributed by atoms with van der Waals surface area (Å²) >= 11 is 11.9. The van der Waals surface area contributed by atoms with E-state index in [1.165, 1.54) is 0 Å². The predicted molar refractivity (Wildman–Crippen MR) is 73.3 cm³/mol. The average Bonchev–Trinajstić information content (AvgIpc) is 2.88. The molecule has 1 aliphatic rings. The second kappa shape index (κ2) is 4.92. The second-order valence-electron chi connectivity index (χ2n) is 4.64. The first kappa shape index (κ1) is 14.0. The Morgan fingerprint density at radius 2 is 2.26 bits per heavy atom. The third-order valence-corrected chi connectivity index (χ3v) is 4.26. The number of hydrogen-bond donors (Lipinski definition) is 1. The molecule has 1 atom stereocenters. The molecular formula is C13H12Cl2N2O2. The zero-order valence-corrected chi connectivity index (χ0v) is 11.8. The van der Waals surface area contributed by atoms with Crippen LogP contribution in [0.15, 0.2) is 24.3 Å². The van der Waals surface area contributed by atoms with Crippen molar-refractivity contribution in [1.29, 1.82) is 5.26 Å². The molecule has 0 bridgehead atoms. The van der Waals surface area contributed by atoms with Gasteiger partial charge >= 0.3 is 0 Å². The fraction of sp³-hybridized carbons (Fsp3) is 0.385. The molecule has 1 aromatic carbocycles. The Morgan fingerprint density at radius 3 is 2.84 bits per heavy atom. The van der Waals surface area contributed by atoms with Crippen molar-refractivity contribution in [3.63, 3.8) is 0 Å². The number of ether oxygens (including phenoxy) is 1. The second-order valence-corrected chi connectivity index (χ2v) is 6.13. The van der Waals surface area contributed by atoms with Crippen molar-refractivity contribution in [2.45, 2.75) is 17.7 Å². The van der Waals surface area contributed by atoms with E-state index in [4.69, 9.17) is 33.2 Å². The number of anilines is 1. The molecule has 0 radical (unpaired) electrons. The molecule has 1 unspecified atom stereocenters. The molecule has 2 rings (SSSR count). The summed E-state index contributed by atoms with van der Waals surface area (Å²) < 4.78 is 4.16. The maximum Gasteiger partial charge on any atom is 0.233 e. The minimum Gasteiger partial charge on any atom is -0.479 e. The number of carbonyl (C=O) groups excluding carboxylic acids is 1. The van der Waals surface area contributed by atoms with Gasteiger partial charge in [0.15, 0.2) is 6.61 Å². The van der Waals surface area contributed by atoms with Gasteiger partial charge in [-0.15, -0.1) is 23.2 Å². The lowest BCUT2D eigenvalue weighted by Gasteiger charge is -2.13. The molecule has 6 heteroatoms. The molecule has 1 aliphatic carbocycles. The van der Waals surface area contributed by atoms with Crippen LogP contribution in [-0.4, -0.2) is 16.8 Å². The van der Waals surface area contributed by atoms with E-state index in [0.29, 0.717) is 17.9 Å². The SMILES string of the molecule is CC1(C(=O)Nc2cccc(OCC#N)c2)CC1(Cl)Cl. The zero-order valence-electron chi connectivity index (χ0n) is 10.2. The number of rotatable bonds is 4. The van der Waals surface area contributed by atoms with Gasteiger partial charge in [-0.2, -0.15) is 5.26 Å². The van der Waals surface area contributed by atoms with Crippen LogP contribution >= 0.6 is 23.2 Å². The average molecular weight is 299 g/mol. The molecule has 1 fully saturated rings. The van der Waals surface area contributed by atoms with E-state index in [2.05, 4.69) is 5.32 Å². The van der Waals surface area contributed by atoms with Gasteiger partial charge in [-0.1, -0.05) is 6.07 Å². The van der Waals surface area contributed by atoms with Crippen LogP contribution < -0.4 is 10.1 Å². The van der Waals surface area contributed by atoms with Gasteiger partial charge in [0.2, 0.25) is 5.91 Å². The lowest BCUT2D eigenvalue weighted by molar-refractivity contribution is -0.120. The Bertz CT molecular complexity index is 554. The van der Waals surface area contributed by atoms with E-state index >= 15 is 0 Å². The number of nitrogens with zero attached hydrogens (tertiary/aromatic N) is 1. The van der Waals surface area contributed by atoms with Crippen LogP contribution in [0, 0.1) is 16.7 Å². The molecule has 0 spiro atoms. The molecular weight excluding hydrogens is 287 g/mol. The molecule has 1 N–H and O–H groups in total. The van der Waals surface area contributed by atoms with Gasteiger partial charge in [0, 0.05) is 11.8 Å². The molecule has 0 heterocycles. The molecule has 0 aromatic heterocycles. The lowest BCUT2D eigenvalue weighted by Crippen LogP contribution is -2.25. The van der Waals surface area contributed by atoms with Crippen LogP contribution in [0.3, 0.4) is 0 Å². The summed E-state index contributed by atoms with van der Waals surface area (Å²) in [4.78, 5) is 12.1. The Kier molecular flexibility index (Phi) is 3.62. The number of nitrogens with one attached hydrogen (secondary N) is 1. The smallest absolute Gasteiger partial charge is 0.233 e. The number of amides is 1. The topological polar surface area (TPSA) is 62.1 Å². The summed E-state index contributed by atoms with van der Waals surface area (Å²) in [6, 6.07) is 8.69. The molecule has 1 amide bonds.